The maximum Gasteiger partial charge on any atom is 0.214 e. The number of ketones is 1. The number of Topliss-reactive ketones (excluding diaryl/α,β-unsaturated/α-hetero) is 1. The molecule has 0 atom stereocenters. The van der Waals surface area contributed by atoms with Crippen LogP contribution in [0.15, 0.2) is 41.6 Å². The molecule has 3 rings (SSSR count). The summed E-state index contributed by atoms with van der Waals surface area (Å²) in [5.74, 6) is -0.583. The van der Waals surface area contributed by atoms with Gasteiger partial charge in [0.05, 0.1) is 18.6 Å². The second-order valence-corrected chi connectivity index (χ2v) is 6.67. The smallest absolute Gasteiger partial charge is 0.214 e. The average Bonchev–Trinajstić information content (AvgIpc) is 3.07. The van der Waals surface area contributed by atoms with Gasteiger partial charge in [-0.05, 0) is 54.1 Å². The molecule has 0 N–H and O–H groups in total. The first-order chi connectivity index (χ1) is 12.5. The van der Waals surface area contributed by atoms with Gasteiger partial charge >= 0.3 is 0 Å². The second kappa shape index (κ2) is 7.65. The molecule has 26 heavy (non-hydrogen) atoms. The zero-order valence-corrected chi connectivity index (χ0v) is 15.4. The minimum atomic E-state index is -0.566. The molecule has 0 aliphatic heterocycles. The quantitative estimate of drug-likeness (QED) is 0.488. The summed E-state index contributed by atoms with van der Waals surface area (Å²) >= 11 is 1.20. The van der Waals surface area contributed by atoms with Crippen molar-refractivity contribution in [2.75, 3.05) is 12.9 Å². The zero-order valence-electron chi connectivity index (χ0n) is 14.6. The monoisotopic (exact) mass is 372 g/mol. The van der Waals surface area contributed by atoms with Crippen molar-refractivity contribution in [2.45, 2.75) is 19.0 Å². The first-order valence-corrected chi connectivity index (χ1v) is 8.83. The number of carbonyl (C=O) groups is 1. The van der Waals surface area contributed by atoms with Gasteiger partial charge in [-0.1, -0.05) is 29.5 Å². The van der Waals surface area contributed by atoms with Gasteiger partial charge in [0.1, 0.15) is 0 Å². The maximum absolute atomic E-state index is 13.8. The van der Waals surface area contributed by atoms with E-state index in [9.17, 15) is 9.18 Å². The van der Waals surface area contributed by atoms with E-state index in [0.717, 1.165) is 16.8 Å². The lowest BCUT2D eigenvalue weighted by Gasteiger charge is -2.08. The number of tetrazole rings is 1. The highest BCUT2D eigenvalue weighted by atomic mass is 32.2. The second-order valence-electron chi connectivity index (χ2n) is 5.72. The molecule has 0 radical (unpaired) electrons. The van der Waals surface area contributed by atoms with Crippen molar-refractivity contribution in [1.82, 2.24) is 20.2 Å². The highest BCUT2D eigenvalue weighted by Crippen LogP contribution is 2.23. The number of aryl methyl sites for hydroxylation is 2. The van der Waals surface area contributed by atoms with Crippen LogP contribution in [0.3, 0.4) is 0 Å². The summed E-state index contributed by atoms with van der Waals surface area (Å²) in [6.45, 7) is 3.99. The lowest BCUT2D eigenvalue weighted by Crippen LogP contribution is -2.06. The molecule has 2 aromatic carbocycles. The molecule has 0 aliphatic carbocycles. The molecule has 0 spiro atoms. The van der Waals surface area contributed by atoms with E-state index in [4.69, 9.17) is 4.74 Å². The van der Waals surface area contributed by atoms with E-state index in [0.29, 0.717) is 5.16 Å². The minimum Gasteiger partial charge on any atom is -0.494 e. The van der Waals surface area contributed by atoms with E-state index in [1.54, 1.807) is 4.68 Å². The topological polar surface area (TPSA) is 69.9 Å². The zero-order chi connectivity index (χ0) is 18.7. The van der Waals surface area contributed by atoms with Crippen molar-refractivity contribution in [3.63, 3.8) is 0 Å². The maximum atomic E-state index is 13.8. The molecule has 0 amide bonds. The number of aromatic nitrogens is 4. The first-order valence-electron chi connectivity index (χ1n) is 7.85. The summed E-state index contributed by atoms with van der Waals surface area (Å²) in [6, 6.07) is 10.1. The molecule has 8 heteroatoms. The number of benzene rings is 2. The van der Waals surface area contributed by atoms with E-state index in [-0.39, 0.29) is 22.8 Å². The van der Waals surface area contributed by atoms with Gasteiger partial charge in [-0.2, -0.15) is 4.68 Å². The van der Waals surface area contributed by atoms with Crippen LogP contribution >= 0.6 is 11.8 Å². The summed E-state index contributed by atoms with van der Waals surface area (Å²) in [5.41, 5.74) is 3.31. The van der Waals surface area contributed by atoms with Gasteiger partial charge in [-0.15, -0.1) is 5.10 Å². The molecule has 134 valence electrons. The number of rotatable bonds is 6. The van der Waals surface area contributed by atoms with Crippen molar-refractivity contribution < 1.29 is 13.9 Å². The van der Waals surface area contributed by atoms with Crippen LogP contribution in [0.2, 0.25) is 0 Å². The molecule has 0 saturated heterocycles. The number of halogens is 1. The molecule has 1 heterocycles. The fourth-order valence-electron chi connectivity index (χ4n) is 2.52. The Morgan fingerprint density at radius 3 is 2.73 bits per heavy atom. The van der Waals surface area contributed by atoms with Gasteiger partial charge in [-0.3, -0.25) is 4.79 Å². The Balaban J connectivity index is 1.76. The van der Waals surface area contributed by atoms with Gasteiger partial charge in [0, 0.05) is 5.56 Å². The molecular weight excluding hydrogens is 355 g/mol. The summed E-state index contributed by atoms with van der Waals surface area (Å²) in [6.07, 6.45) is 0. The number of nitrogens with zero attached hydrogens (tertiary/aromatic N) is 4. The lowest BCUT2D eigenvalue weighted by atomic mass is 10.1. The summed E-state index contributed by atoms with van der Waals surface area (Å²) in [5, 5.41) is 12.2. The molecule has 0 unspecified atom stereocenters. The number of hydrogen-bond acceptors (Lipinski definition) is 6. The summed E-state index contributed by atoms with van der Waals surface area (Å²) < 4.78 is 20.2. The van der Waals surface area contributed by atoms with Gasteiger partial charge in [0.15, 0.2) is 17.3 Å². The van der Waals surface area contributed by atoms with Crippen LogP contribution in [0, 0.1) is 19.7 Å². The standard InChI is InChI=1S/C18H17FN4O2S/c1-11-4-6-15(12(2)8-11)23-18(20-21-22-23)26-10-16(24)13-5-7-17(25-3)14(19)9-13/h4-9H,10H2,1-3H3. The van der Waals surface area contributed by atoms with Crippen molar-refractivity contribution in [1.29, 1.82) is 0 Å². The van der Waals surface area contributed by atoms with Crippen molar-refractivity contribution in [2.24, 2.45) is 0 Å². The third kappa shape index (κ3) is 3.75. The van der Waals surface area contributed by atoms with Crippen molar-refractivity contribution >= 4 is 17.5 Å². The number of methoxy groups -OCH3 is 1. The molecule has 0 saturated carbocycles. The Morgan fingerprint density at radius 1 is 1.23 bits per heavy atom. The predicted molar refractivity (Wildman–Crippen MR) is 96.6 cm³/mol. The van der Waals surface area contributed by atoms with E-state index >= 15 is 0 Å². The van der Waals surface area contributed by atoms with Gasteiger partial charge < -0.3 is 4.74 Å². The molecule has 0 fully saturated rings. The highest BCUT2D eigenvalue weighted by Gasteiger charge is 2.15. The highest BCUT2D eigenvalue weighted by molar-refractivity contribution is 7.99. The van der Waals surface area contributed by atoms with E-state index in [2.05, 4.69) is 15.5 Å². The van der Waals surface area contributed by atoms with Crippen molar-refractivity contribution in [3.05, 3.63) is 58.9 Å². The predicted octanol–water partition coefficient (Wildman–Crippen LogP) is 3.40. The molecular formula is C18H17FN4O2S. The first kappa shape index (κ1) is 18.1. The third-order valence-electron chi connectivity index (χ3n) is 3.83. The Bertz CT molecular complexity index is 958. The van der Waals surface area contributed by atoms with E-state index in [1.807, 2.05) is 32.0 Å². The SMILES string of the molecule is COc1ccc(C(=O)CSc2nnnn2-c2ccc(C)cc2C)cc1F. The summed E-state index contributed by atoms with van der Waals surface area (Å²) in [7, 11) is 1.38. The Morgan fingerprint density at radius 2 is 2.04 bits per heavy atom. The average molecular weight is 372 g/mol. The molecule has 1 aromatic heterocycles. The van der Waals surface area contributed by atoms with Crippen LogP contribution in [0.5, 0.6) is 5.75 Å². The molecule has 0 aliphatic rings. The largest absolute Gasteiger partial charge is 0.494 e. The van der Waals surface area contributed by atoms with Crippen LogP contribution in [0.1, 0.15) is 21.5 Å². The minimum absolute atomic E-state index is 0.0943. The Hall–Kier alpha value is -2.74. The fraction of sp³-hybridized carbons (Fsp3) is 0.222. The number of carbonyl (C=O) groups excluding carboxylic acids is 1. The van der Waals surface area contributed by atoms with Crippen molar-refractivity contribution in [3.8, 4) is 11.4 Å². The molecule has 6 nitrogen and oxygen atoms in total. The van der Waals surface area contributed by atoms with Crippen LogP contribution in [-0.4, -0.2) is 38.9 Å². The van der Waals surface area contributed by atoms with Crippen LogP contribution in [-0.2, 0) is 0 Å². The number of ether oxygens (including phenoxy) is 1. The molecule has 0 bridgehead atoms. The lowest BCUT2D eigenvalue weighted by molar-refractivity contribution is 0.102. The van der Waals surface area contributed by atoms with Crippen LogP contribution in [0.4, 0.5) is 4.39 Å². The Kier molecular flexibility index (Phi) is 5.32. The third-order valence-corrected chi connectivity index (χ3v) is 4.75. The van der Waals surface area contributed by atoms with Gasteiger partial charge in [0.2, 0.25) is 5.16 Å². The van der Waals surface area contributed by atoms with Crippen LogP contribution in [0.25, 0.3) is 5.69 Å². The van der Waals surface area contributed by atoms with Crippen LogP contribution < -0.4 is 4.74 Å². The number of hydrogen-bond donors (Lipinski definition) is 0. The van der Waals surface area contributed by atoms with E-state index < -0.39 is 5.82 Å². The fourth-order valence-corrected chi connectivity index (χ4v) is 3.29. The molecule has 3 aromatic rings. The van der Waals surface area contributed by atoms with E-state index in [1.165, 1.54) is 37.1 Å². The summed E-state index contributed by atoms with van der Waals surface area (Å²) in [4.78, 5) is 12.3. The van der Waals surface area contributed by atoms with Gasteiger partial charge in [-0.25, -0.2) is 4.39 Å². The van der Waals surface area contributed by atoms with Gasteiger partial charge in [0.25, 0.3) is 0 Å². The Labute approximate surface area is 154 Å². The number of thioether (sulfide) groups is 1. The normalized spacial score (nSPS) is 10.8.